The summed E-state index contributed by atoms with van der Waals surface area (Å²) in [6, 6.07) is 2.96. The monoisotopic (exact) mass is 219 g/mol. The second kappa shape index (κ2) is 4.53. The van der Waals surface area contributed by atoms with Crippen LogP contribution >= 0.6 is 0 Å². The summed E-state index contributed by atoms with van der Waals surface area (Å²) in [6.07, 6.45) is 0. The van der Waals surface area contributed by atoms with Gasteiger partial charge in [-0.3, -0.25) is 0 Å². The number of ether oxygens (including phenoxy) is 1. The summed E-state index contributed by atoms with van der Waals surface area (Å²) in [5.74, 6) is -3.82. The van der Waals surface area contributed by atoms with E-state index in [0.29, 0.717) is 0 Å². The van der Waals surface area contributed by atoms with Gasteiger partial charge in [0.15, 0.2) is 0 Å². The van der Waals surface area contributed by atoms with Crippen LogP contribution in [-0.4, -0.2) is 20.7 Å². The van der Waals surface area contributed by atoms with Gasteiger partial charge < -0.3 is 10.1 Å². The van der Waals surface area contributed by atoms with Crippen molar-refractivity contribution in [1.29, 1.82) is 0 Å². The average Bonchev–Trinajstić information content (AvgIpc) is 2.17. The number of benzene rings is 1. The van der Waals surface area contributed by atoms with Crippen LogP contribution in [0, 0.1) is 5.82 Å². The van der Waals surface area contributed by atoms with Crippen molar-refractivity contribution in [1.82, 2.24) is 5.32 Å². The number of methoxy groups -OCH3 is 1. The van der Waals surface area contributed by atoms with Crippen molar-refractivity contribution in [3.05, 3.63) is 29.6 Å². The minimum absolute atomic E-state index is 0.143. The molecule has 0 saturated carbocycles. The Labute approximate surface area is 86.1 Å². The molecule has 0 heterocycles. The molecule has 0 aliphatic carbocycles. The van der Waals surface area contributed by atoms with Crippen LogP contribution in [0.2, 0.25) is 0 Å². The first kappa shape index (κ1) is 11.8. The Kier molecular flexibility index (Phi) is 3.57. The molecule has 0 saturated heterocycles. The van der Waals surface area contributed by atoms with Crippen LogP contribution in [-0.2, 0) is 5.92 Å². The number of alkyl halides is 2. The lowest BCUT2D eigenvalue weighted by molar-refractivity contribution is -0.00348. The molecule has 1 rings (SSSR count). The molecule has 1 aromatic carbocycles. The second-order valence-corrected chi connectivity index (χ2v) is 3.08. The van der Waals surface area contributed by atoms with E-state index >= 15 is 0 Å². The molecule has 0 bridgehead atoms. The van der Waals surface area contributed by atoms with E-state index in [0.717, 1.165) is 18.2 Å². The van der Waals surface area contributed by atoms with Crippen molar-refractivity contribution in [2.24, 2.45) is 0 Å². The lowest BCUT2D eigenvalue weighted by atomic mass is 10.1. The van der Waals surface area contributed by atoms with Crippen molar-refractivity contribution < 1.29 is 17.9 Å². The van der Waals surface area contributed by atoms with E-state index in [1.54, 1.807) is 0 Å². The quantitative estimate of drug-likeness (QED) is 0.837. The third-order valence-corrected chi connectivity index (χ3v) is 1.96. The standard InChI is InChI=1S/C10H12F3NO/c1-14-6-10(12,13)8-4-3-7(11)5-9(8)15-2/h3-5,14H,6H2,1-2H3. The van der Waals surface area contributed by atoms with E-state index in [4.69, 9.17) is 4.74 Å². The largest absolute Gasteiger partial charge is 0.496 e. The highest BCUT2D eigenvalue weighted by atomic mass is 19.3. The molecule has 0 radical (unpaired) electrons. The zero-order chi connectivity index (χ0) is 11.5. The molecule has 0 unspecified atom stereocenters. The first-order chi connectivity index (χ1) is 7.01. The molecule has 0 atom stereocenters. The fourth-order valence-corrected chi connectivity index (χ4v) is 1.28. The van der Waals surface area contributed by atoms with Gasteiger partial charge in [0, 0.05) is 6.07 Å². The summed E-state index contributed by atoms with van der Waals surface area (Å²) in [5.41, 5.74) is -0.319. The summed E-state index contributed by atoms with van der Waals surface area (Å²) >= 11 is 0. The second-order valence-electron chi connectivity index (χ2n) is 3.08. The first-order valence-electron chi connectivity index (χ1n) is 4.37. The number of hydrogen-bond donors (Lipinski definition) is 1. The Balaban J connectivity index is 3.12. The third kappa shape index (κ3) is 2.62. The van der Waals surface area contributed by atoms with Crippen molar-refractivity contribution >= 4 is 0 Å². The van der Waals surface area contributed by atoms with Crippen LogP contribution in [0.25, 0.3) is 0 Å². The fraction of sp³-hybridized carbons (Fsp3) is 0.400. The lowest BCUT2D eigenvalue weighted by Crippen LogP contribution is -2.28. The summed E-state index contributed by atoms with van der Waals surface area (Å²) in [7, 11) is 2.65. The van der Waals surface area contributed by atoms with Crippen molar-refractivity contribution in [3.63, 3.8) is 0 Å². The molecule has 15 heavy (non-hydrogen) atoms. The normalized spacial score (nSPS) is 11.5. The summed E-state index contributed by atoms with van der Waals surface area (Å²) < 4.78 is 44.4. The summed E-state index contributed by atoms with van der Waals surface area (Å²) in [5, 5.41) is 2.37. The molecular formula is C10H12F3NO. The maximum atomic E-state index is 13.5. The van der Waals surface area contributed by atoms with Gasteiger partial charge in [0.25, 0.3) is 5.92 Å². The number of rotatable bonds is 4. The van der Waals surface area contributed by atoms with Crippen LogP contribution in [0.4, 0.5) is 13.2 Å². The van der Waals surface area contributed by atoms with Crippen LogP contribution in [0.5, 0.6) is 5.75 Å². The Bertz CT molecular complexity index is 341. The maximum Gasteiger partial charge on any atom is 0.288 e. The average molecular weight is 219 g/mol. The van der Waals surface area contributed by atoms with Gasteiger partial charge in [0.2, 0.25) is 0 Å². The molecule has 0 amide bonds. The van der Waals surface area contributed by atoms with Crippen LogP contribution in [0.1, 0.15) is 5.56 Å². The Hall–Kier alpha value is -1.23. The van der Waals surface area contributed by atoms with Gasteiger partial charge in [0.05, 0.1) is 19.2 Å². The molecular weight excluding hydrogens is 207 g/mol. The molecule has 1 N–H and O–H groups in total. The van der Waals surface area contributed by atoms with E-state index in [2.05, 4.69) is 5.32 Å². The number of likely N-dealkylation sites (N-methyl/N-ethyl adjacent to an activating group) is 1. The zero-order valence-corrected chi connectivity index (χ0v) is 8.48. The van der Waals surface area contributed by atoms with Gasteiger partial charge >= 0.3 is 0 Å². The topological polar surface area (TPSA) is 21.3 Å². The maximum absolute atomic E-state index is 13.5. The van der Waals surface area contributed by atoms with Gasteiger partial charge in [-0.2, -0.15) is 8.78 Å². The summed E-state index contributed by atoms with van der Waals surface area (Å²) in [4.78, 5) is 0. The number of hydrogen-bond acceptors (Lipinski definition) is 2. The highest BCUT2D eigenvalue weighted by molar-refractivity contribution is 5.37. The molecule has 0 spiro atoms. The minimum Gasteiger partial charge on any atom is -0.496 e. The molecule has 5 heteroatoms. The molecule has 84 valence electrons. The zero-order valence-electron chi connectivity index (χ0n) is 8.48. The van der Waals surface area contributed by atoms with Gasteiger partial charge in [-0.05, 0) is 19.2 Å². The number of halogens is 3. The van der Waals surface area contributed by atoms with E-state index in [-0.39, 0.29) is 11.3 Å². The molecule has 2 nitrogen and oxygen atoms in total. The van der Waals surface area contributed by atoms with Crippen LogP contribution in [0.15, 0.2) is 18.2 Å². The van der Waals surface area contributed by atoms with Crippen molar-refractivity contribution in [2.75, 3.05) is 20.7 Å². The van der Waals surface area contributed by atoms with Gasteiger partial charge in [0.1, 0.15) is 11.6 Å². The Morgan fingerprint density at radius 2 is 2.07 bits per heavy atom. The molecule has 1 aromatic rings. The first-order valence-corrected chi connectivity index (χ1v) is 4.37. The Morgan fingerprint density at radius 1 is 1.40 bits per heavy atom. The van der Waals surface area contributed by atoms with E-state index in [9.17, 15) is 13.2 Å². The van der Waals surface area contributed by atoms with Gasteiger partial charge in [-0.1, -0.05) is 0 Å². The Morgan fingerprint density at radius 3 is 2.60 bits per heavy atom. The van der Waals surface area contributed by atoms with E-state index < -0.39 is 18.3 Å². The van der Waals surface area contributed by atoms with Crippen LogP contribution < -0.4 is 10.1 Å². The predicted octanol–water partition coefficient (Wildman–Crippen LogP) is 2.15. The molecule has 0 aliphatic heterocycles. The van der Waals surface area contributed by atoms with Crippen LogP contribution in [0.3, 0.4) is 0 Å². The van der Waals surface area contributed by atoms with Gasteiger partial charge in [-0.25, -0.2) is 4.39 Å². The molecule has 0 fully saturated rings. The minimum atomic E-state index is -3.08. The highest BCUT2D eigenvalue weighted by Gasteiger charge is 2.33. The van der Waals surface area contributed by atoms with Crippen molar-refractivity contribution in [3.8, 4) is 5.75 Å². The molecule has 0 aliphatic rings. The SMILES string of the molecule is CNCC(F)(F)c1ccc(F)cc1OC. The van der Waals surface area contributed by atoms with Gasteiger partial charge in [-0.15, -0.1) is 0 Å². The summed E-state index contributed by atoms with van der Waals surface area (Å²) in [6.45, 7) is -0.519. The molecule has 0 aromatic heterocycles. The predicted molar refractivity (Wildman–Crippen MR) is 50.8 cm³/mol. The highest BCUT2D eigenvalue weighted by Crippen LogP contribution is 2.34. The van der Waals surface area contributed by atoms with E-state index in [1.807, 2.05) is 0 Å². The lowest BCUT2D eigenvalue weighted by Gasteiger charge is -2.18. The third-order valence-electron chi connectivity index (χ3n) is 1.96. The fourth-order valence-electron chi connectivity index (χ4n) is 1.28. The smallest absolute Gasteiger partial charge is 0.288 e. The number of nitrogens with one attached hydrogen (secondary N) is 1. The van der Waals surface area contributed by atoms with E-state index in [1.165, 1.54) is 14.2 Å². The van der Waals surface area contributed by atoms with Crippen molar-refractivity contribution in [2.45, 2.75) is 5.92 Å².